The van der Waals surface area contributed by atoms with E-state index in [9.17, 15) is 14.0 Å². The molecule has 2 rings (SSSR count). The van der Waals surface area contributed by atoms with Gasteiger partial charge in [-0.1, -0.05) is 34.1 Å². The lowest BCUT2D eigenvalue weighted by Gasteiger charge is -2.06. The number of hydrogen-bond acceptors (Lipinski definition) is 3. The van der Waals surface area contributed by atoms with Crippen LogP contribution in [0, 0.1) is 12.7 Å². The largest absolute Gasteiger partial charge is 0.452 e. The smallest absolute Gasteiger partial charge is 0.331 e. The lowest BCUT2D eigenvalue weighted by Crippen LogP contribution is -2.20. The summed E-state index contributed by atoms with van der Waals surface area (Å²) in [5, 5.41) is 2.46. The summed E-state index contributed by atoms with van der Waals surface area (Å²) in [5.41, 5.74) is 1.61. The maximum Gasteiger partial charge on any atom is 0.331 e. The van der Waals surface area contributed by atoms with E-state index in [0.29, 0.717) is 11.3 Å². The Morgan fingerprint density at radius 3 is 2.75 bits per heavy atom. The van der Waals surface area contributed by atoms with Crippen molar-refractivity contribution in [2.45, 2.75) is 6.92 Å². The number of aryl methyl sites for hydroxylation is 1. The minimum absolute atomic E-state index is 0.309. The molecule has 0 saturated carbocycles. The maximum absolute atomic E-state index is 13.4. The maximum atomic E-state index is 13.4. The van der Waals surface area contributed by atoms with Gasteiger partial charge in [-0.2, -0.15) is 0 Å². The van der Waals surface area contributed by atoms with Gasteiger partial charge in [0.15, 0.2) is 6.61 Å². The summed E-state index contributed by atoms with van der Waals surface area (Å²) in [6.07, 6.45) is 2.82. The summed E-state index contributed by atoms with van der Waals surface area (Å²) in [4.78, 5) is 23.3. The Labute approximate surface area is 147 Å². The molecule has 24 heavy (non-hydrogen) atoms. The highest BCUT2D eigenvalue weighted by Crippen LogP contribution is 2.14. The molecular weight excluding hydrogens is 377 g/mol. The number of carbonyl (C=O) groups excluding carboxylic acids is 2. The number of esters is 1. The third-order valence-corrected chi connectivity index (χ3v) is 3.55. The number of hydrogen-bond donors (Lipinski definition) is 1. The zero-order chi connectivity index (χ0) is 17.5. The Morgan fingerprint density at radius 2 is 2.04 bits per heavy atom. The van der Waals surface area contributed by atoms with Gasteiger partial charge in [0, 0.05) is 16.2 Å². The summed E-state index contributed by atoms with van der Waals surface area (Å²) < 4.78 is 19.1. The molecule has 0 fully saturated rings. The first-order valence-electron chi connectivity index (χ1n) is 7.10. The van der Waals surface area contributed by atoms with Crippen molar-refractivity contribution in [2.24, 2.45) is 0 Å². The molecule has 0 aromatic heterocycles. The fourth-order valence-electron chi connectivity index (χ4n) is 1.83. The molecule has 0 aliphatic carbocycles. The van der Waals surface area contributed by atoms with E-state index in [0.717, 1.165) is 10.0 Å². The van der Waals surface area contributed by atoms with Gasteiger partial charge in [0.1, 0.15) is 5.82 Å². The van der Waals surface area contributed by atoms with Crippen LogP contribution < -0.4 is 5.32 Å². The molecule has 0 unspecified atom stereocenters. The lowest BCUT2D eigenvalue weighted by molar-refractivity contribution is -0.142. The zero-order valence-corrected chi connectivity index (χ0v) is 14.5. The Hall–Kier alpha value is -2.47. The van der Waals surface area contributed by atoms with Crippen molar-refractivity contribution in [3.8, 4) is 0 Å². The van der Waals surface area contributed by atoms with Gasteiger partial charge in [-0.3, -0.25) is 4.79 Å². The molecule has 4 nitrogen and oxygen atoms in total. The molecule has 124 valence electrons. The van der Waals surface area contributed by atoms with Crippen molar-refractivity contribution in [3.05, 3.63) is 70.0 Å². The van der Waals surface area contributed by atoms with E-state index in [2.05, 4.69) is 21.2 Å². The van der Waals surface area contributed by atoms with E-state index in [4.69, 9.17) is 4.74 Å². The predicted octanol–water partition coefficient (Wildman–Crippen LogP) is 4.09. The Bertz CT molecular complexity index is 790. The number of nitrogens with one attached hydrogen (secondary N) is 1. The average molecular weight is 392 g/mol. The third-order valence-electron chi connectivity index (χ3n) is 3.06. The summed E-state index contributed by atoms with van der Waals surface area (Å²) in [5.74, 6) is -1.59. The van der Waals surface area contributed by atoms with E-state index in [1.54, 1.807) is 25.1 Å². The molecule has 0 atom stereocenters. The van der Waals surface area contributed by atoms with Gasteiger partial charge in [-0.05, 0) is 48.4 Å². The molecule has 0 aliphatic rings. The number of halogens is 2. The van der Waals surface area contributed by atoms with Crippen LogP contribution in [0.3, 0.4) is 0 Å². The van der Waals surface area contributed by atoms with Crippen LogP contribution in [0.2, 0.25) is 0 Å². The van der Waals surface area contributed by atoms with Crippen LogP contribution in [0.15, 0.2) is 53.0 Å². The van der Waals surface area contributed by atoms with Crippen molar-refractivity contribution in [1.82, 2.24) is 0 Å². The van der Waals surface area contributed by atoms with Crippen LogP contribution in [0.1, 0.15) is 11.1 Å². The predicted molar refractivity (Wildman–Crippen MR) is 93.9 cm³/mol. The van der Waals surface area contributed by atoms with Gasteiger partial charge < -0.3 is 10.1 Å². The molecule has 1 amide bonds. The number of amides is 1. The lowest BCUT2D eigenvalue weighted by atomic mass is 10.2. The first-order valence-corrected chi connectivity index (χ1v) is 7.90. The van der Waals surface area contributed by atoms with Crippen LogP contribution in [-0.4, -0.2) is 18.5 Å². The Kier molecular flexibility index (Phi) is 6.26. The van der Waals surface area contributed by atoms with Gasteiger partial charge in [-0.25, -0.2) is 9.18 Å². The molecule has 6 heteroatoms. The van der Waals surface area contributed by atoms with E-state index < -0.39 is 24.3 Å². The van der Waals surface area contributed by atoms with Crippen LogP contribution in [0.25, 0.3) is 6.08 Å². The topological polar surface area (TPSA) is 55.4 Å². The highest BCUT2D eigenvalue weighted by Gasteiger charge is 2.07. The second kappa shape index (κ2) is 8.40. The minimum Gasteiger partial charge on any atom is -0.452 e. The van der Waals surface area contributed by atoms with Crippen molar-refractivity contribution in [3.63, 3.8) is 0 Å². The van der Waals surface area contributed by atoms with Crippen molar-refractivity contribution in [2.75, 3.05) is 11.9 Å². The van der Waals surface area contributed by atoms with Crippen LogP contribution in [0.4, 0.5) is 10.1 Å². The number of carbonyl (C=O) groups is 2. The molecular formula is C18H15BrFNO3. The van der Waals surface area contributed by atoms with Gasteiger partial charge in [0.25, 0.3) is 5.91 Å². The van der Waals surface area contributed by atoms with Crippen LogP contribution >= 0.6 is 15.9 Å². The highest BCUT2D eigenvalue weighted by atomic mass is 79.9. The van der Waals surface area contributed by atoms with Gasteiger partial charge in [0.05, 0.1) is 0 Å². The average Bonchev–Trinajstić information content (AvgIpc) is 2.54. The molecule has 0 heterocycles. The summed E-state index contributed by atoms with van der Waals surface area (Å²) in [6.45, 7) is 1.18. The standard InChI is InChI=1S/C18H15BrFNO3/c1-12-5-7-15(10-16(12)20)21-17(22)11-24-18(23)8-6-13-3-2-4-14(19)9-13/h2-10H,11H2,1H3,(H,21,22)/b8-6+. The first kappa shape index (κ1) is 17.9. The first-order chi connectivity index (χ1) is 11.4. The molecule has 2 aromatic carbocycles. The third kappa shape index (κ3) is 5.62. The monoisotopic (exact) mass is 391 g/mol. The molecule has 0 radical (unpaired) electrons. The van der Waals surface area contributed by atoms with Crippen LogP contribution in [0.5, 0.6) is 0 Å². The van der Waals surface area contributed by atoms with E-state index in [-0.39, 0.29) is 0 Å². The molecule has 2 aromatic rings. The molecule has 1 N–H and O–H groups in total. The Morgan fingerprint density at radius 1 is 1.25 bits per heavy atom. The Balaban J connectivity index is 1.82. The van der Waals surface area contributed by atoms with Gasteiger partial charge in [-0.15, -0.1) is 0 Å². The summed E-state index contributed by atoms with van der Waals surface area (Å²) in [6, 6.07) is 11.7. The second-order valence-corrected chi connectivity index (χ2v) is 5.92. The number of rotatable bonds is 5. The van der Waals surface area contributed by atoms with Gasteiger partial charge in [0.2, 0.25) is 0 Å². The summed E-state index contributed by atoms with van der Waals surface area (Å²) >= 11 is 3.33. The van der Waals surface area contributed by atoms with Crippen molar-refractivity contribution < 1.29 is 18.7 Å². The van der Waals surface area contributed by atoms with E-state index in [1.807, 2.05) is 24.3 Å². The van der Waals surface area contributed by atoms with E-state index in [1.165, 1.54) is 12.1 Å². The molecule has 0 bridgehead atoms. The molecule has 0 aliphatic heterocycles. The second-order valence-electron chi connectivity index (χ2n) is 5.01. The molecule has 0 spiro atoms. The quantitative estimate of drug-likeness (QED) is 0.616. The fourth-order valence-corrected chi connectivity index (χ4v) is 2.24. The zero-order valence-electron chi connectivity index (χ0n) is 12.9. The highest BCUT2D eigenvalue weighted by molar-refractivity contribution is 9.10. The fraction of sp³-hybridized carbons (Fsp3) is 0.111. The van der Waals surface area contributed by atoms with Gasteiger partial charge >= 0.3 is 5.97 Å². The number of benzene rings is 2. The molecule has 0 saturated heterocycles. The van der Waals surface area contributed by atoms with Crippen LogP contribution in [-0.2, 0) is 14.3 Å². The van der Waals surface area contributed by atoms with Crippen molar-refractivity contribution in [1.29, 1.82) is 0 Å². The van der Waals surface area contributed by atoms with Crippen molar-refractivity contribution >= 4 is 39.6 Å². The number of ether oxygens (including phenoxy) is 1. The SMILES string of the molecule is Cc1ccc(NC(=O)COC(=O)/C=C/c2cccc(Br)c2)cc1F. The summed E-state index contributed by atoms with van der Waals surface area (Å²) in [7, 11) is 0. The number of anilines is 1. The minimum atomic E-state index is -0.639. The normalized spacial score (nSPS) is 10.6. The van der Waals surface area contributed by atoms with E-state index >= 15 is 0 Å².